The van der Waals surface area contributed by atoms with Crippen LogP contribution in [-0.2, 0) is 6.54 Å². The SMILES string of the molecule is CSCCn1c(=O)[nH]c(Cl)c(-c2ccccc2Br)c1=O. The minimum atomic E-state index is -0.482. The van der Waals surface area contributed by atoms with Crippen molar-refractivity contribution >= 4 is 39.3 Å². The molecule has 0 aliphatic heterocycles. The first kappa shape index (κ1) is 15.4. The second-order valence-electron chi connectivity index (χ2n) is 4.05. The summed E-state index contributed by atoms with van der Waals surface area (Å²) in [5, 5.41) is 0.0623. The smallest absolute Gasteiger partial charge is 0.297 e. The molecule has 0 bridgehead atoms. The number of halogens is 2. The van der Waals surface area contributed by atoms with Crippen LogP contribution in [0.5, 0.6) is 0 Å². The molecule has 0 saturated carbocycles. The zero-order valence-electron chi connectivity index (χ0n) is 10.7. The molecule has 1 aromatic carbocycles. The molecule has 7 heteroatoms. The van der Waals surface area contributed by atoms with Crippen molar-refractivity contribution in [3.8, 4) is 11.1 Å². The average molecular weight is 376 g/mol. The van der Waals surface area contributed by atoms with Crippen LogP contribution < -0.4 is 11.2 Å². The molecule has 1 aromatic heterocycles. The van der Waals surface area contributed by atoms with E-state index >= 15 is 0 Å². The van der Waals surface area contributed by atoms with Gasteiger partial charge >= 0.3 is 5.69 Å². The van der Waals surface area contributed by atoms with Crippen LogP contribution in [0.1, 0.15) is 0 Å². The molecule has 20 heavy (non-hydrogen) atoms. The maximum absolute atomic E-state index is 12.5. The minimum absolute atomic E-state index is 0.0623. The molecular formula is C13H12BrClN2O2S. The highest BCUT2D eigenvalue weighted by atomic mass is 79.9. The summed E-state index contributed by atoms with van der Waals surface area (Å²) in [7, 11) is 0. The molecule has 0 radical (unpaired) electrons. The predicted octanol–water partition coefficient (Wildman–Crippen LogP) is 2.98. The van der Waals surface area contributed by atoms with Gasteiger partial charge in [-0.15, -0.1) is 0 Å². The van der Waals surface area contributed by atoms with Gasteiger partial charge in [0.05, 0.1) is 5.56 Å². The lowest BCUT2D eigenvalue weighted by atomic mass is 10.1. The first-order valence-corrected chi connectivity index (χ1v) is 8.39. The fraction of sp³-hybridized carbons (Fsp3) is 0.231. The molecule has 0 fully saturated rings. The summed E-state index contributed by atoms with van der Waals surface area (Å²) in [4.78, 5) is 26.9. The Morgan fingerprint density at radius 1 is 1.35 bits per heavy atom. The van der Waals surface area contributed by atoms with Crippen LogP contribution >= 0.6 is 39.3 Å². The largest absolute Gasteiger partial charge is 0.329 e. The maximum Gasteiger partial charge on any atom is 0.329 e. The van der Waals surface area contributed by atoms with E-state index in [-0.39, 0.29) is 10.7 Å². The van der Waals surface area contributed by atoms with Crippen molar-refractivity contribution in [3.63, 3.8) is 0 Å². The van der Waals surface area contributed by atoms with Crippen LogP contribution in [0.15, 0.2) is 38.3 Å². The lowest BCUT2D eigenvalue weighted by molar-refractivity contribution is 0.682. The number of rotatable bonds is 4. The highest BCUT2D eigenvalue weighted by molar-refractivity contribution is 9.10. The lowest BCUT2D eigenvalue weighted by Crippen LogP contribution is -2.36. The molecule has 106 valence electrons. The zero-order valence-corrected chi connectivity index (χ0v) is 13.8. The molecule has 2 aromatic rings. The predicted molar refractivity (Wildman–Crippen MR) is 87.9 cm³/mol. The number of benzene rings is 1. The Balaban J connectivity index is 2.68. The van der Waals surface area contributed by atoms with Crippen LogP contribution in [0.4, 0.5) is 0 Å². The van der Waals surface area contributed by atoms with E-state index in [4.69, 9.17) is 11.6 Å². The van der Waals surface area contributed by atoms with E-state index in [9.17, 15) is 9.59 Å². The van der Waals surface area contributed by atoms with Gasteiger partial charge in [0, 0.05) is 22.3 Å². The van der Waals surface area contributed by atoms with Crippen molar-refractivity contribution < 1.29 is 0 Å². The summed E-state index contributed by atoms with van der Waals surface area (Å²) >= 11 is 11.0. The van der Waals surface area contributed by atoms with Crippen LogP contribution in [0, 0.1) is 0 Å². The number of hydrogen-bond donors (Lipinski definition) is 1. The average Bonchev–Trinajstić information content (AvgIpc) is 2.40. The third-order valence-electron chi connectivity index (χ3n) is 2.80. The Labute approximate surface area is 133 Å². The quantitative estimate of drug-likeness (QED) is 0.836. The van der Waals surface area contributed by atoms with Crippen LogP contribution in [-0.4, -0.2) is 21.6 Å². The Hall–Kier alpha value is -0.980. The summed E-state index contributed by atoms with van der Waals surface area (Å²) in [6.07, 6.45) is 1.92. The minimum Gasteiger partial charge on any atom is -0.297 e. The van der Waals surface area contributed by atoms with Crippen molar-refractivity contribution in [3.05, 3.63) is 54.7 Å². The molecule has 1 heterocycles. The van der Waals surface area contributed by atoms with E-state index in [1.165, 1.54) is 4.57 Å². The summed E-state index contributed by atoms with van der Waals surface area (Å²) in [6, 6.07) is 7.26. The van der Waals surface area contributed by atoms with E-state index in [1.807, 2.05) is 24.5 Å². The van der Waals surface area contributed by atoms with Crippen molar-refractivity contribution in [2.45, 2.75) is 6.54 Å². The van der Waals surface area contributed by atoms with E-state index < -0.39 is 5.69 Å². The van der Waals surface area contributed by atoms with Gasteiger partial charge in [-0.2, -0.15) is 11.8 Å². The molecule has 0 aliphatic carbocycles. The number of thioether (sulfide) groups is 1. The van der Waals surface area contributed by atoms with E-state index in [0.717, 1.165) is 4.47 Å². The van der Waals surface area contributed by atoms with Crippen molar-refractivity contribution in [2.24, 2.45) is 0 Å². The van der Waals surface area contributed by atoms with Gasteiger partial charge in [0.1, 0.15) is 5.15 Å². The number of nitrogens with one attached hydrogen (secondary N) is 1. The summed E-state index contributed by atoms with van der Waals surface area (Å²) in [5.41, 5.74) is 0.112. The Kier molecular flexibility index (Phi) is 5.12. The topological polar surface area (TPSA) is 54.9 Å². The van der Waals surface area contributed by atoms with E-state index in [0.29, 0.717) is 23.4 Å². The maximum atomic E-state index is 12.5. The highest BCUT2D eigenvalue weighted by Crippen LogP contribution is 2.28. The van der Waals surface area contributed by atoms with Crippen LogP contribution in [0.25, 0.3) is 11.1 Å². The molecule has 0 amide bonds. The number of aromatic amines is 1. The normalized spacial score (nSPS) is 10.8. The second-order valence-corrected chi connectivity index (χ2v) is 6.27. The van der Waals surface area contributed by atoms with Gasteiger partial charge in [0.25, 0.3) is 5.56 Å². The summed E-state index contributed by atoms with van der Waals surface area (Å²) < 4.78 is 1.93. The fourth-order valence-corrected chi connectivity index (χ4v) is 2.94. The van der Waals surface area contributed by atoms with Gasteiger partial charge in [-0.3, -0.25) is 14.3 Å². The van der Waals surface area contributed by atoms with Crippen LogP contribution in [0.2, 0.25) is 5.15 Å². The van der Waals surface area contributed by atoms with Gasteiger partial charge in [0.15, 0.2) is 0 Å². The van der Waals surface area contributed by atoms with Crippen molar-refractivity contribution in [2.75, 3.05) is 12.0 Å². The van der Waals surface area contributed by atoms with Gasteiger partial charge in [-0.05, 0) is 12.3 Å². The van der Waals surface area contributed by atoms with Crippen molar-refractivity contribution in [1.29, 1.82) is 0 Å². The standard InChI is InChI=1S/C13H12BrClN2O2S/c1-20-7-6-17-12(18)10(11(15)16-13(17)19)8-4-2-3-5-9(8)14/h2-5H,6-7H2,1H3,(H,16,19). The zero-order chi connectivity index (χ0) is 14.7. The van der Waals surface area contributed by atoms with E-state index in [1.54, 1.807) is 17.8 Å². The molecule has 1 N–H and O–H groups in total. The summed E-state index contributed by atoms with van der Waals surface area (Å²) in [5.74, 6) is 0.681. The molecule has 0 atom stereocenters. The van der Waals surface area contributed by atoms with Crippen molar-refractivity contribution in [1.82, 2.24) is 9.55 Å². The fourth-order valence-electron chi connectivity index (χ4n) is 1.83. The Morgan fingerprint density at radius 3 is 2.70 bits per heavy atom. The second kappa shape index (κ2) is 6.65. The monoisotopic (exact) mass is 374 g/mol. The van der Waals surface area contributed by atoms with Gasteiger partial charge in [-0.1, -0.05) is 45.7 Å². The first-order valence-electron chi connectivity index (χ1n) is 5.82. The number of nitrogens with zero attached hydrogens (tertiary/aromatic N) is 1. The number of aromatic nitrogens is 2. The molecule has 0 aliphatic rings. The van der Waals surface area contributed by atoms with Gasteiger partial charge in [0.2, 0.25) is 0 Å². The molecule has 0 saturated heterocycles. The third kappa shape index (κ3) is 3.02. The Morgan fingerprint density at radius 2 is 2.05 bits per heavy atom. The van der Waals surface area contributed by atoms with Gasteiger partial charge in [-0.25, -0.2) is 4.79 Å². The van der Waals surface area contributed by atoms with Crippen LogP contribution in [0.3, 0.4) is 0 Å². The summed E-state index contributed by atoms with van der Waals surface area (Å²) in [6.45, 7) is 0.351. The highest BCUT2D eigenvalue weighted by Gasteiger charge is 2.16. The molecule has 4 nitrogen and oxygen atoms in total. The van der Waals surface area contributed by atoms with E-state index in [2.05, 4.69) is 20.9 Å². The Bertz CT molecular complexity index is 742. The number of H-pyrrole nitrogens is 1. The molecule has 0 unspecified atom stereocenters. The third-order valence-corrected chi connectivity index (χ3v) is 4.37. The molecular weight excluding hydrogens is 364 g/mol. The number of hydrogen-bond acceptors (Lipinski definition) is 3. The molecule has 2 rings (SSSR count). The van der Waals surface area contributed by atoms with Gasteiger partial charge < -0.3 is 0 Å². The first-order chi connectivity index (χ1) is 9.56. The lowest BCUT2D eigenvalue weighted by Gasteiger charge is -2.10. The molecule has 0 spiro atoms.